The molecule has 2 aromatic carbocycles. The lowest BCUT2D eigenvalue weighted by atomic mass is 10.2. The molecule has 3 rings (SSSR count). The van der Waals surface area contributed by atoms with Crippen LogP contribution in [0, 0.1) is 5.82 Å². The highest BCUT2D eigenvalue weighted by Gasteiger charge is 2.08. The number of tetrazole rings is 1. The van der Waals surface area contributed by atoms with Crippen LogP contribution in [0.5, 0.6) is 0 Å². The van der Waals surface area contributed by atoms with Gasteiger partial charge in [-0.2, -0.15) is 4.80 Å². The summed E-state index contributed by atoms with van der Waals surface area (Å²) in [4.78, 5) is 1.38. The van der Waals surface area contributed by atoms with Crippen LogP contribution < -0.4 is 0 Å². The van der Waals surface area contributed by atoms with E-state index in [1.165, 1.54) is 10.9 Å². The Balaban J connectivity index is 1.84. The number of aromatic nitrogens is 4. The van der Waals surface area contributed by atoms with Gasteiger partial charge in [-0.3, -0.25) is 0 Å². The summed E-state index contributed by atoms with van der Waals surface area (Å²) < 4.78 is 14.5. The van der Waals surface area contributed by atoms with Gasteiger partial charge >= 0.3 is 0 Å². The Morgan fingerprint density at radius 3 is 2.55 bits per heavy atom. The fraction of sp³-hybridized carbons (Fsp3) is 0.0714. The SMILES string of the molecule is Fc1ccccc1Cn1nnc(-c2ccc(Br)cc2)n1. The average Bonchev–Trinajstić information content (AvgIpc) is 2.91. The summed E-state index contributed by atoms with van der Waals surface area (Å²) in [7, 11) is 0. The van der Waals surface area contributed by atoms with E-state index >= 15 is 0 Å². The Labute approximate surface area is 123 Å². The summed E-state index contributed by atoms with van der Waals surface area (Å²) in [5.74, 6) is 0.254. The molecule has 0 aliphatic heterocycles. The van der Waals surface area contributed by atoms with Gasteiger partial charge in [-0.25, -0.2) is 4.39 Å². The van der Waals surface area contributed by atoms with E-state index in [4.69, 9.17) is 0 Å². The van der Waals surface area contributed by atoms with Crippen LogP contribution in [0.15, 0.2) is 53.0 Å². The third-order valence-corrected chi connectivity index (χ3v) is 3.35. The van der Waals surface area contributed by atoms with Gasteiger partial charge in [0, 0.05) is 15.6 Å². The van der Waals surface area contributed by atoms with Gasteiger partial charge < -0.3 is 0 Å². The molecule has 6 heteroatoms. The van der Waals surface area contributed by atoms with E-state index in [1.807, 2.05) is 24.3 Å². The van der Waals surface area contributed by atoms with E-state index in [0.29, 0.717) is 11.4 Å². The van der Waals surface area contributed by atoms with Crippen molar-refractivity contribution < 1.29 is 4.39 Å². The van der Waals surface area contributed by atoms with E-state index in [0.717, 1.165) is 10.0 Å². The number of hydrogen-bond donors (Lipinski definition) is 0. The van der Waals surface area contributed by atoms with Gasteiger partial charge in [-0.15, -0.1) is 10.2 Å². The summed E-state index contributed by atoms with van der Waals surface area (Å²) in [6.07, 6.45) is 0. The number of rotatable bonds is 3. The van der Waals surface area contributed by atoms with Crippen molar-refractivity contribution in [2.24, 2.45) is 0 Å². The van der Waals surface area contributed by atoms with Crippen LogP contribution in [0.1, 0.15) is 5.56 Å². The molecule has 0 saturated carbocycles. The molecule has 0 amide bonds. The molecule has 20 heavy (non-hydrogen) atoms. The zero-order valence-corrected chi connectivity index (χ0v) is 12.0. The van der Waals surface area contributed by atoms with Gasteiger partial charge in [0.05, 0.1) is 6.54 Å². The highest BCUT2D eigenvalue weighted by atomic mass is 79.9. The van der Waals surface area contributed by atoms with Gasteiger partial charge in [0.2, 0.25) is 5.82 Å². The maximum absolute atomic E-state index is 13.6. The van der Waals surface area contributed by atoms with Gasteiger partial charge in [-0.1, -0.05) is 34.1 Å². The van der Waals surface area contributed by atoms with Crippen molar-refractivity contribution in [1.29, 1.82) is 0 Å². The fourth-order valence-electron chi connectivity index (χ4n) is 1.80. The van der Waals surface area contributed by atoms with Gasteiger partial charge in [0.1, 0.15) is 5.82 Å². The standard InChI is InChI=1S/C14H10BrFN4/c15-12-7-5-10(6-8-12)14-17-19-20(18-14)9-11-3-1-2-4-13(11)16/h1-8H,9H2. The fourth-order valence-corrected chi connectivity index (χ4v) is 2.07. The van der Waals surface area contributed by atoms with Crippen LogP contribution in [0.3, 0.4) is 0 Å². The molecule has 100 valence electrons. The third-order valence-electron chi connectivity index (χ3n) is 2.82. The minimum Gasteiger partial charge on any atom is -0.207 e. The zero-order chi connectivity index (χ0) is 13.9. The predicted molar refractivity (Wildman–Crippen MR) is 76.5 cm³/mol. The van der Waals surface area contributed by atoms with Crippen LogP contribution in [-0.4, -0.2) is 20.2 Å². The Morgan fingerprint density at radius 2 is 1.80 bits per heavy atom. The van der Waals surface area contributed by atoms with Crippen molar-refractivity contribution in [3.8, 4) is 11.4 Å². The minimum atomic E-state index is -0.269. The third kappa shape index (κ3) is 2.75. The summed E-state index contributed by atoms with van der Waals surface area (Å²) in [6.45, 7) is 0.260. The summed E-state index contributed by atoms with van der Waals surface area (Å²) in [6, 6.07) is 14.2. The van der Waals surface area contributed by atoms with Crippen molar-refractivity contribution in [1.82, 2.24) is 20.2 Å². The second-order valence-electron chi connectivity index (χ2n) is 4.24. The highest BCUT2D eigenvalue weighted by Crippen LogP contribution is 2.17. The summed E-state index contributed by atoms with van der Waals surface area (Å²) in [5.41, 5.74) is 1.40. The molecule has 1 aromatic heterocycles. The van der Waals surface area contributed by atoms with Crippen LogP contribution >= 0.6 is 15.9 Å². The van der Waals surface area contributed by atoms with Gasteiger partial charge in [-0.05, 0) is 35.5 Å². The van der Waals surface area contributed by atoms with Crippen molar-refractivity contribution in [2.45, 2.75) is 6.54 Å². The van der Waals surface area contributed by atoms with Crippen LogP contribution in [0.4, 0.5) is 4.39 Å². The molecule has 0 radical (unpaired) electrons. The van der Waals surface area contributed by atoms with E-state index in [-0.39, 0.29) is 12.4 Å². The Hall–Kier alpha value is -2.08. The largest absolute Gasteiger partial charge is 0.207 e. The topological polar surface area (TPSA) is 43.6 Å². The first kappa shape index (κ1) is 12.9. The van der Waals surface area contributed by atoms with Crippen molar-refractivity contribution in [2.75, 3.05) is 0 Å². The number of halogens is 2. The van der Waals surface area contributed by atoms with Crippen molar-refractivity contribution >= 4 is 15.9 Å². The molecule has 4 nitrogen and oxygen atoms in total. The molecular formula is C14H10BrFN4. The average molecular weight is 333 g/mol. The number of nitrogens with zero attached hydrogens (tertiary/aromatic N) is 4. The molecule has 0 atom stereocenters. The van der Waals surface area contributed by atoms with Crippen LogP contribution in [-0.2, 0) is 6.54 Å². The molecule has 0 N–H and O–H groups in total. The van der Waals surface area contributed by atoms with Gasteiger partial charge in [0.15, 0.2) is 0 Å². The first-order valence-corrected chi connectivity index (χ1v) is 6.79. The predicted octanol–water partition coefficient (Wildman–Crippen LogP) is 3.29. The Morgan fingerprint density at radius 1 is 1.05 bits per heavy atom. The van der Waals surface area contributed by atoms with E-state index in [2.05, 4.69) is 31.3 Å². The Kier molecular flexibility index (Phi) is 3.56. The summed E-state index contributed by atoms with van der Waals surface area (Å²) >= 11 is 3.37. The van der Waals surface area contributed by atoms with Crippen LogP contribution in [0.25, 0.3) is 11.4 Å². The minimum absolute atomic E-state index is 0.260. The van der Waals surface area contributed by atoms with Gasteiger partial charge in [0.25, 0.3) is 0 Å². The number of benzene rings is 2. The molecule has 1 heterocycles. The van der Waals surface area contributed by atoms with Crippen LogP contribution in [0.2, 0.25) is 0 Å². The first-order chi connectivity index (χ1) is 9.72. The maximum atomic E-state index is 13.6. The molecular weight excluding hydrogens is 323 g/mol. The number of hydrogen-bond acceptors (Lipinski definition) is 3. The van der Waals surface area contributed by atoms with E-state index in [1.54, 1.807) is 18.2 Å². The molecule has 3 aromatic rings. The maximum Gasteiger partial charge on any atom is 0.204 e. The second kappa shape index (κ2) is 5.50. The van der Waals surface area contributed by atoms with Crippen molar-refractivity contribution in [3.05, 3.63) is 64.4 Å². The molecule has 0 unspecified atom stereocenters. The molecule has 0 fully saturated rings. The molecule has 0 saturated heterocycles. The Bertz CT molecular complexity index is 724. The lowest BCUT2D eigenvalue weighted by Crippen LogP contribution is -2.05. The summed E-state index contributed by atoms with van der Waals surface area (Å²) in [5, 5.41) is 12.2. The van der Waals surface area contributed by atoms with E-state index < -0.39 is 0 Å². The zero-order valence-electron chi connectivity index (χ0n) is 10.4. The van der Waals surface area contributed by atoms with Crippen molar-refractivity contribution in [3.63, 3.8) is 0 Å². The van der Waals surface area contributed by atoms with E-state index in [9.17, 15) is 4.39 Å². The first-order valence-electron chi connectivity index (χ1n) is 5.99. The normalized spacial score (nSPS) is 10.7. The highest BCUT2D eigenvalue weighted by molar-refractivity contribution is 9.10. The monoisotopic (exact) mass is 332 g/mol. The molecule has 0 aliphatic rings. The second-order valence-corrected chi connectivity index (χ2v) is 5.16. The smallest absolute Gasteiger partial charge is 0.204 e. The quantitative estimate of drug-likeness (QED) is 0.739. The molecule has 0 bridgehead atoms. The lowest BCUT2D eigenvalue weighted by molar-refractivity contribution is 0.539. The lowest BCUT2D eigenvalue weighted by Gasteiger charge is -2.00. The molecule has 0 aliphatic carbocycles. The molecule has 0 spiro atoms.